The Labute approximate surface area is 168 Å². The average Bonchev–Trinajstić information content (AvgIpc) is 2.69. The summed E-state index contributed by atoms with van der Waals surface area (Å²) >= 11 is 6.16. The molecule has 0 saturated carbocycles. The van der Waals surface area contributed by atoms with E-state index in [-0.39, 0.29) is 5.91 Å². The van der Waals surface area contributed by atoms with Gasteiger partial charge in [0.2, 0.25) is 5.95 Å². The number of anilines is 2. The summed E-state index contributed by atoms with van der Waals surface area (Å²) in [5, 5.41) is 6.50. The minimum absolute atomic E-state index is 0.254. The Hall–Kier alpha value is -3.12. The van der Waals surface area contributed by atoms with Gasteiger partial charge in [0.15, 0.2) is 0 Å². The maximum Gasteiger partial charge on any atom is 0.270 e. The van der Waals surface area contributed by atoms with Gasteiger partial charge in [-0.1, -0.05) is 35.9 Å². The number of benzene rings is 2. The summed E-state index contributed by atoms with van der Waals surface area (Å²) in [7, 11) is 1.63. The summed E-state index contributed by atoms with van der Waals surface area (Å²) in [5.41, 5.74) is 2.74. The minimum atomic E-state index is -0.254. The summed E-state index contributed by atoms with van der Waals surface area (Å²) < 4.78 is 5.21. The van der Waals surface area contributed by atoms with Crippen molar-refractivity contribution in [3.63, 3.8) is 0 Å². The summed E-state index contributed by atoms with van der Waals surface area (Å²) in [5.74, 6) is 0.868. The Morgan fingerprint density at radius 2 is 1.93 bits per heavy atom. The number of nitrogens with one attached hydrogen (secondary N) is 2. The van der Waals surface area contributed by atoms with Gasteiger partial charge in [0.1, 0.15) is 11.4 Å². The third-order valence-electron chi connectivity index (χ3n) is 4.04. The molecule has 28 heavy (non-hydrogen) atoms. The number of aromatic nitrogens is 2. The number of aryl methyl sites for hydroxylation is 1. The lowest BCUT2D eigenvalue weighted by molar-refractivity contribution is 0.0949. The van der Waals surface area contributed by atoms with Gasteiger partial charge in [0, 0.05) is 12.2 Å². The molecule has 1 amide bonds. The number of para-hydroxylation sites is 1. The number of methoxy groups -OCH3 is 1. The fourth-order valence-corrected chi connectivity index (χ4v) is 2.85. The number of carbonyl (C=O) groups excluding carboxylic acids is 1. The number of hydrogen-bond donors (Lipinski definition) is 2. The van der Waals surface area contributed by atoms with E-state index < -0.39 is 0 Å². The molecule has 0 fully saturated rings. The molecule has 0 atom stereocenters. The molecule has 0 unspecified atom stereocenters. The molecule has 1 heterocycles. The second kappa shape index (κ2) is 9.19. The van der Waals surface area contributed by atoms with Crippen LogP contribution in [0.5, 0.6) is 5.75 Å². The van der Waals surface area contributed by atoms with Crippen LogP contribution in [0, 0.1) is 6.92 Å². The first-order valence-electron chi connectivity index (χ1n) is 8.83. The number of ether oxygens (including phenoxy) is 1. The standard InChI is InChI=1S/C21H21ClN4O2/c1-14-12-19(26-21(24-14)25-18-9-4-3-8-17(18)22)20(27)23-11-10-15-6-5-7-16(13-15)28-2/h3-9,12-13H,10-11H2,1-2H3,(H,23,27)(H,24,25,26). The summed E-state index contributed by atoms with van der Waals surface area (Å²) in [6, 6.07) is 16.7. The van der Waals surface area contributed by atoms with Crippen molar-refractivity contribution in [2.24, 2.45) is 0 Å². The van der Waals surface area contributed by atoms with Crippen molar-refractivity contribution in [2.75, 3.05) is 19.0 Å². The quantitative estimate of drug-likeness (QED) is 0.627. The molecule has 3 rings (SSSR count). The van der Waals surface area contributed by atoms with Crippen molar-refractivity contribution in [3.8, 4) is 5.75 Å². The molecule has 144 valence electrons. The maximum absolute atomic E-state index is 12.5. The molecule has 6 nitrogen and oxygen atoms in total. The van der Waals surface area contributed by atoms with Gasteiger partial charge in [-0.2, -0.15) is 0 Å². The van der Waals surface area contributed by atoms with E-state index in [1.54, 1.807) is 19.2 Å². The highest BCUT2D eigenvalue weighted by Gasteiger charge is 2.11. The molecule has 2 aromatic carbocycles. The van der Waals surface area contributed by atoms with Crippen molar-refractivity contribution in [1.29, 1.82) is 0 Å². The lowest BCUT2D eigenvalue weighted by atomic mass is 10.1. The highest BCUT2D eigenvalue weighted by atomic mass is 35.5. The fraction of sp³-hybridized carbons (Fsp3) is 0.190. The van der Waals surface area contributed by atoms with E-state index in [2.05, 4.69) is 20.6 Å². The van der Waals surface area contributed by atoms with Crippen molar-refractivity contribution < 1.29 is 9.53 Å². The van der Waals surface area contributed by atoms with Crippen LogP contribution in [-0.2, 0) is 6.42 Å². The van der Waals surface area contributed by atoms with Gasteiger partial charge in [-0.05, 0) is 49.2 Å². The minimum Gasteiger partial charge on any atom is -0.497 e. The number of amides is 1. The van der Waals surface area contributed by atoms with Crippen LogP contribution in [0.2, 0.25) is 5.02 Å². The third kappa shape index (κ3) is 5.20. The van der Waals surface area contributed by atoms with Crippen LogP contribution in [0.4, 0.5) is 11.6 Å². The van der Waals surface area contributed by atoms with E-state index >= 15 is 0 Å². The van der Waals surface area contributed by atoms with Crippen LogP contribution in [0.3, 0.4) is 0 Å². The van der Waals surface area contributed by atoms with Gasteiger partial charge in [-0.3, -0.25) is 4.79 Å². The predicted octanol–water partition coefficient (Wildman–Crippen LogP) is 4.16. The van der Waals surface area contributed by atoms with Crippen molar-refractivity contribution >= 4 is 29.1 Å². The molecular formula is C21H21ClN4O2. The van der Waals surface area contributed by atoms with E-state index in [9.17, 15) is 4.79 Å². The molecule has 0 aliphatic carbocycles. The summed E-state index contributed by atoms with van der Waals surface area (Å²) in [6.07, 6.45) is 0.692. The fourth-order valence-electron chi connectivity index (χ4n) is 2.66. The smallest absolute Gasteiger partial charge is 0.270 e. The Kier molecular flexibility index (Phi) is 6.45. The molecule has 2 N–H and O–H groups in total. The number of halogens is 1. The maximum atomic E-state index is 12.5. The first-order valence-corrected chi connectivity index (χ1v) is 9.21. The van der Waals surface area contributed by atoms with Crippen LogP contribution in [0.1, 0.15) is 21.7 Å². The van der Waals surface area contributed by atoms with Gasteiger partial charge < -0.3 is 15.4 Å². The number of nitrogens with zero attached hydrogens (tertiary/aromatic N) is 2. The van der Waals surface area contributed by atoms with Crippen LogP contribution in [0.15, 0.2) is 54.6 Å². The normalized spacial score (nSPS) is 10.4. The Bertz CT molecular complexity index is 978. The molecule has 1 aromatic heterocycles. The van der Waals surface area contributed by atoms with E-state index in [1.165, 1.54) is 0 Å². The first-order chi connectivity index (χ1) is 13.5. The summed E-state index contributed by atoms with van der Waals surface area (Å²) in [4.78, 5) is 21.1. The first kappa shape index (κ1) is 19.6. The van der Waals surface area contributed by atoms with Crippen LogP contribution >= 0.6 is 11.6 Å². The zero-order valence-electron chi connectivity index (χ0n) is 15.7. The van der Waals surface area contributed by atoms with E-state index in [0.29, 0.717) is 41.0 Å². The highest BCUT2D eigenvalue weighted by Crippen LogP contribution is 2.23. The van der Waals surface area contributed by atoms with Crippen LogP contribution in [0.25, 0.3) is 0 Å². The Morgan fingerprint density at radius 1 is 1.11 bits per heavy atom. The topological polar surface area (TPSA) is 76.1 Å². The number of hydrogen-bond acceptors (Lipinski definition) is 5. The van der Waals surface area contributed by atoms with Crippen molar-refractivity contribution in [2.45, 2.75) is 13.3 Å². The van der Waals surface area contributed by atoms with E-state index in [0.717, 1.165) is 11.3 Å². The van der Waals surface area contributed by atoms with E-state index in [1.807, 2.05) is 49.4 Å². The molecule has 0 aliphatic rings. The SMILES string of the molecule is COc1cccc(CCNC(=O)c2cc(C)nc(Nc3ccccc3Cl)n2)c1. The molecule has 0 radical (unpaired) electrons. The van der Waals surface area contributed by atoms with Gasteiger partial charge in [0.05, 0.1) is 17.8 Å². The Morgan fingerprint density at radius 3 is 2.71 bits per heavy atom. The lowest BCUT2D eigenvalue weighted by Crippen LogP contribution is -2.27. The molecular weight excluding hydrogens is 376 g/mol. The van der Waals surface area contributed by atoms with Crippen molar-refractivity contribution in [1.82, 2.24) is 15.3 Å². The lowest BCUT2D eigenvalue weighted by Gasteiger charge is -2.10. The number of rotatable bonds is 7. The largest absolute Gasteiger partial charge is 0.497 e. The van der Waals surface area contributed by atoms with Gasteiger partial charge >= 0.3 is 0 Å². The molecule has 0 spiro atoms. The Balaban J connectivity index is 1.64. The van der Waals surface area contributed by atoms with Crippen molar-refractivity contribution in [3.05, 3.63) is 76.6 Å². The summed E-state index contributed by atoms with van der Waals surface area (Å²) in [6.45, 7) is 2.30. The third-order valence-corrected chi connectivity index (χ3v) is 4.37. The second-order valence-electron chi connectivity index (χ2n) is 6.18. The zero-order chi connectivity index (χ0) is 19.9. The second-order valence-corrected chi connectivity index (χ2v) is 6.59. The molecule has 0 aliphatic heterocycles. The monoisotopic (exact) mass is 396 g/mol. The average molecular weight is 397 g/mol. The molecule has 7 heteroatoms. The number of carbonyl (C=O) groups is 1. The van der Waals surface area contributed by atoms with Gasteiger partial charge in [-0.15, -0.1) is 0 Å². The molecule has 3 aromatic rings. The van der Waals surface area contributed by atoms with Gasteiger partial charge in [-0.25, -0.2) is 9.97 Å². The highest BCUT2D eigenvalue weighted by molar-refractivity contribution is 6.33. The zero-order valence-corrected chi connectivity index (χ0v) is 16.5. The predicted molar refractivity (Wildman–Crippen MR) is 111 cm³/mol. The van der Waals surface area contributed by atoms with Gasteiger partial charge in [0.25, 0.3) is 5.91 Å². The van der Waals surface area contributed by atoms with E-state index in [4.69, 9.17) is 16.3 Å². The molecule has 0 bridgehead atoms. The van der Waals surface area contributed by atoms with Crippen LogP contribution in [-0.4, -0.2) is 29.5 Å². The van der Waals surface area contributed by atoms with Crippen LogP contribution < -0.4 is 15.4 Å². The molecule has 0 saturated heterocycles.